The van der Waals surface area contributed by atoms with E-state index in [9.17, 15) is 9.59 Å². The van der Waals surface area contributed by atoms with E-state index >= 15 is 0 Å². The quantitative estimate of drug-likeness (QED) is 0.134. The molecule has 0 radical (unpaired) electrons. The van der Waals surface area contributed by atoms with E-state index in [-0.39, 0.29) is 11.8 Å². The smallest absolute Gasteiger partial charge is 0.221 e. The SMILES string of the molecule is CC(=O)Nc1ccc(-c2c3nc(c(-c4c(C)cc(C)cc4C)c4ccc([nH]4)c(-c4ccc(NC(C)=O)cc4)c4nc(c(-c5c(C)cc(C)cc5C)c5ccc2[nH]5)C=C4)C=C3)cc1. The van der Waals surface area contributed by atoms with E-state index in [2.05, 4.69) is 135 Å². The van der Waals surface area contributed by atoms with E-state index < -0.39 is 0 Å². The monoisotopic (exact) mass is 812 g/mol. The fraction of sp³-hybridized carbons (Fsp3) is 0.148. The lowest BCUT2D eigenvalue weighted by Crippen LogP contribution is -2.05. The van der Waals surface area contributed by atoms with Crippen molar-refractivity contribution in [1.82, 2.24) is 19.9 Å². The Hall–Kier alpha value is -7.58. The van der Waals surface area contributed by atoms with Crippen LogP contribution in [0, 0.1) is 41.5 Å². The number of aryl methyl sites for hydroxylation is 6. The topological polar surface area (TPSA) is 116 Å². The van der Waals surface area contributed by atoms with Gasteiger partial charge in [-0.2, -0.15) is 0 Å². The highest BCUT2D eigenvalue weighted by Gasteiger charge is 2.22. The van der Waals surface area contributed by atoms with Gasteiger partial charge in [0.2, 0.25) is 11.8 Å². The molecule has 0 aliphatic carbocycles. The van der Waals surface area contributed by atoms with Gasteiger partial charge in [-0.1, -0.05) is 59.7 Å². The molecule has 306 valence electrons. The molecule has 0 saturated carbocycles. The van der Waals surface area contributed by atoms with Gasteiger partial charge in [0.1, 0.15) is 0 Å². The van der Waals surface area contributed by atoms with Crippen LogP contribution in [0.1, 0.15) is 70.0 Å². The van der Waals surface area contributed by atoms with Crippen LogP contribution in [0.2, 0.25) is 0 Å². The summed E-state index contributed by atoms with van der Waals surface area (Å²) >= 11 is 0. The number of amides is 2. The van der Waals surface area contributed by atoms with Gasteiger partial charge in [0.15, 0.2) is 0 Å². The van der Waals surface area contributed by atoms with Crippen LogP contribution in [-0.4, -0.2) is 31.8 Å². The molecule has 2 amide bonds. The van der Waals surface area contributed by atoms with Crippen LogP contribution in [0.3, 0.4) is 0 Å². The number of benzene rings is 4. The lowest BCUT2D eigenvalue weighted by molar-refractivity contribution is -0.115. The summed E-state index contributed by atoms with van der Waals surface area (Å²) in [4.78, 5) is 42.6. The number of carbonyl (C=O) groups is 2. The second-order valence-corrected chi connectivity index (χ2v) is 16.6. The summed E-state index contributed by atoms with van der Waals surface area (Å²) in [5.41, 5.74) is 23.4. The molecule has 0 spiro atoms. The van der Waals surface area contributed by atoms with E-state index in [1.807, 2.05) is 48.5 Å². The molecule has 5 heterocycles. The first-order chi connectivity index (χ1) is 29.8. The number of hydrogen-bond acceptors (Lipinski definition) is 4. The number of carbonyl (C=O) groups excluding carboxylic acids is 2. The lowest BCUT2D eigenvalue weighted by Gasteiger charge is -2.13. The fourth-order valence-electron chi connectivity index (χ4n) is 9.33. The fourth-order valence-corrected chi connectivity index (χ4v) is 9.33. The van der Waals surface area contributed by atoms with Gasteiger partial charge in [0.25, 0.3) is 0 Å². The van der Waals surface area contributed by atoms with Crippen LogP contribution < -0.4 is 10.6 Å². The molecule has 4 aromatic carbocycles. The molecule has 2 aliphatic rings. The van der Waals surface area contributed by atoms with E-state index in [4.69, 9.17) is 9.97 Å². The number of aromatic nitrogens is 4. The molecule has 8 heteroatoms. The molecule has 7 aromatic rings. The Kier molecular flexibility index (Phi) is 10.2. The molecular formula is C54H48N6O2. The van der Waals surface area contributed by atoms with E-state index in [1.54, 1.807) is 0 Å². The molecule has 4 N–H and O–H groups in total. The number of nitrogens with one attached hydrogen (secondary N) is 4. The van der Waals surface area contributed by atoms with Crippen LogP contribution in [0.15, 0.2) is 97.1 Å². The molecule has 0 fully saturated rings. The maximum atomic E-state index is 12.0. The average Bonchev–Trinajstić information content (AvgIpc) is 4.05. The van der Waals surface area contributed by atoms with Gasteiger partial charge in [-0.25, -0.2) is 9.97 Å². The van der Waals surface area contributed by atoms with Crippen LogP contribution in [0.5, 0.6) is 0 Å². The number of fused-ring (bicyclic) bond motifs is 8. The molecule has 62 heavy (non-hydrogen) atoms. The van der Waals surface area contributed by atoms with Crippen LogP contribution >= 0.6 is 0 Å². The summed E-state index contributed by atoms with van der Waals surface area (Å²) in [5, 5.41) is 5.82. The third-order valence-corrected chi connectivity index (χ3v) is 11.6. The van der Waals surface area contributed by atoms with Crippen LogP contribution in [0.25, 0.3) is 90.9 Å². The number of nitrogens with zero attached hydrogens (tertiary/aromatic N) is 2. The van der Waals surface area contributed by atoms with Crippen LogP contribution in [-0.2, 0) is 9.59 Å². The van der Waals surface area contributed by atoms with Crippen molar-refractivity contribution in [1.29, 1.82) is 0 Å². The second-order valence-electron chi connectivity index (χ2n) is 16.6. The molecular weight excluding hydrogens is 765 g/mol. The van der Waals surface area contributed by atoms with Gasteiger partial charge in [-0.05, 0) is 159 Å². The van der Waals surface area contributed by atoms with Crippen molar-refractivity contribution in [2.75, 3.05) is 10.6 Å². The molecule has 9 rings (SSSR count). The molecule has 2 aliphatic heterocycles. The van der Waals surface area contributed by atoms with E-state index in [0.29, 0.717) is 0 Å². The first-order valence-electron chi connectivity index (χ1n) is 20.9. The number of aromatic amines is 2. The molecule has 0 saturated heterocycles. The number of hydrogen-bond donors (Lipinski definition) is 4. The van der Waals surface area contributed by atoms with Gasteiger partial charge < -0.3 is 20.6 Å². The molecule has 8 bridgehead atoms. The molecule has 0 atom stereocenters. The van der Waals surface area contributed by atoms with Gasteiger partial charge >= 0.3 is 0 Å². The maximum Gasteiger partial charge on any atom is 0.221 e. The lowest BCUT2D eigenvalue weighted by atomic mass is 9.92. The van der Waals surface area contributed by atoms with Crippen LogP contribution in [0.4, 0.5) is 11.4 Å². The minimum atomic E-state index is -0.123. The Morgan fingerprint density at radius 3 is 1.00 bits per heavy atom. The minimum Gasteiger partial charge on any atom is -0.354 e. The zero-order valence-corrected chi connectivity index (χ0v) is 36.3. The summed E-state index contributed by atoms with van der Waals surface area (Å²) in [6.45, 7) is 16.0. The Labute approximate surface area is 361 Å². The summed E-state index contributed by atoms with van der Waals surface area (Å²) in [7, 11) is 0. The predicted molar refractivity (Wildman–Crippen MR) is 258 cm³/mol. The Morgan fingerprint density at radius 1 is 0.403 bits per heavy atom. The van der Waals surface area contributed by atoms with Gasteiger partial charge in [0, 0.05) is 69.5 Å². The summed E-state index contributed by atoms with van der Waals surface area (Å²) in [6, 6.07) is 33.3. The molecule has 0 unspecified atom stereocenters. The van der Waals surface area contributed by atoms with Gasteiger partial charge in [-0.3, -0.25) is 9.59 Å². The largest absolute Gasteiger partial charge is 0.354 e. The number of H-pyrrole nitrogens is 2. The zero-order chi connectivity index (χ0) is 43.4. The first kappa shape index (κ1) is 39.9. The van der Waals surface area contributed by atoms with Crippen molar-refractivity contribution in [3.05, 3.63) is 153 Å². The standard InChI is InChI=1S/C54H48N6O2/c1-29-25-31(3)49(32(4)26-29)53-45-21-17-41(57-45)51(37-9-13-39(14-10-37)55-35(7)61)43-19-23-47(59-43)54(50-33(5)27-30(2)28-34(50)6)48-24-20-44(60-48)52(42-18-22-46(53)58-42)38-11-15-40(16-12-38)56-36(8)62/h9-28,57,60H,1-8H3,(H,55,61)(H,56,62). The van der Waals surface area contributed by atoms with Gasteiger partial charge in [-0.15, -0.1) is 0 Å². The Morgan fingerprint density at radius 2 is 0.694 bits per heavy atom. The third-order valence-electron chi connectivity index (χ3n) is 11.6. The van der Waals surface area contributed by atoms with E-state index in [0.717, 1.165) is 123 Å². The van der Waals surface area contributed by atoms with Crippen molar-refractivity contribution in [3.8, 4) is 44.5 Å². The van der Waals surface area contributed by atoms with Crippen molar-refractivity contribution in [3.63, 3.8) is 0 Å². The second kappa shape index (κ2) is 15.8. The molecule has 8 nitrogen and oxygen atoms in total. The highest BCUT2D eigenvalue weighted by molar-refractivity contribution is 6.01. The average molecular weight is 813 g/mol. The van der Waals surface area contributed by atoms with Crippen molar-refractivity contribution in [2.45, 2.75) is 55.4 Å². The number of anilines is 2. The third kappa shape index (κ3) is 7.45. The minimum absolute atomic E-state index is 0.123. The van der Waals surface area contributed by atoms with E-state index in [1.165, 1.54) is 25.0 Å². The van der Waals surface area contributed by atoms with Crippen molar-refractivity contribution in [2.24, 2.45) is 0 Å². The summed E-state index contributed by atoms with van der Waals surface area (Å²) < 4.78 is 0. The highest BCUT2D eigenvalue weighted by atomic mass is 16.2. The van der Waals surface area contributed by atoms with Gasteiger partial charge in [0.05, 0.1) is 22.8 Å². The Bertz CT molecular complexity index is 2970. The maximum absolute atomic E-state index is 12.0. The normalized spacial score (nSPS) is 11.9. The van der Waals surface area contributed by atoms with Crippen molar-refractivity contribution >= 4 is 69.6 Å². The first-order valence-corrected chi connectivity index (χ1v) is 20.9. The number of rotatable bonds is 6. The summed E-state index contributed by atoms with van der Waals surface area (Å²) in [5.74, 6) is -0.246. The Balaban J connectivity index is 1.46. The molecule has 3 aromatic heterocycles. The predicted octanol–water partition coefficient (Wildman–Crippen LogP) is 13.1. The van der Waals surface area contributed by atoms with Crippen molar-refractivity contribution < 1.29 is 9.59 Å². The highest BCUT2D eigenvalue weighted by Crippen LogP contribution is 2.41. The zero-order valence-electron chi connectivity index (χ0n) is 36.3. The summed E-state index contributed by atoms with van der Waals surface area (Å²) in [6.07, 6.45) is 8.44.